The molecule has 0 radical (unpaired) electrons. The van der Waals surface area contributed by atoms with Crippen LogP contribution in [-0.2, 0) is 21.2 Å². The molecular formula is C13H13N3O4S. The van der Waals surface area contributed by atoms with E-state index >= 15 is 0 Å². The van der Waals surface area contributed by atoms with Crippen molar-refractivity contribution in [2.75, 3.05) is 4.31 Å². The first-order valence-electron chi connectivity index (χ1n) is 6.28. The number of carboxylic acids is 1. The summed E-state index contributed by atoms with van der Waals surface area (Å²) in [6.07, 6.45) is 1.35. The van der Waals surface area contributed by atoms with Gasteiger partial charge in [-0.1, -0.05) is 18.2 Å². The minimum atomic E-state index is -3.97. The second-order valence-electron chi connectivity index (χ2n) is 4.85. The number of para-hydroxylation sites is 1. The van der Waals surface area contributed by atoms with Gasteiger partial charge in [0, 0.05) is 6.42 Å². The number of carboxylic acid groups (broad SMARTS) is 1. The van der Waals surface area contributed by atoms with Crippen LogP contribution in [0.1, 0.15) is 11.3 Å². The van der Waals surface area contributed by atoms with Crippen LogP contribution in [0.25, 0.3) is 0 Å². The molecule has 2 heterocycles. The van der Waals surface area contributed by atoms with Gasteiger partial charge in [0.1, 0.15) is 10.9 Å². The van der Waals surface area contributed by atoms with Gasteiger partial charge in [0.2, 0.25) is 0 Å². The van der Waals surface area contributed by atoms with Crippen molar-refractivity contribution < 1.29 is 18.3 Å². The Kier molecular flexibility index (Phi) is 2.98. The number of carbonyl (C=O) groups is 1. The number of nitrogens with one attached hydrogen (secondary N) is 1. The van der Waals surface area contributed by atoms with Gasteiger partial charge >= 0.3 is 5.97 Å². The Labute approximate surface area is 121 Å². The van der Waals surface area contributed by atoms with E-state index in [0.717, 1.165) is 4.31 Å². The summed E-state index contributed by atoms with van der Waals surface area (Å²) in [6.45, 7) is 1.58. The van der Waals surface area contributed by atoms with Crippen LogP contribution in [0, 0.1) is 6.92 Å². The van der Waals surface area contributed by atoms with Gasteiger partial charge in [-0.05, 0) is 18.6 Å². The third-order valence-electron chi connectivity index (χ3n) is 3.53. The SMILES string of the molecule is Cc1[nH]ncc1S(=O)(=O)N1c2ccccc2C[C@H]1C(=O)O. The minimum Gasteiger partial charge on any atom is -0.480 e. The lowest BCUT2D eigenvalue weighted by Gasteiger charge is -2.23. The van der Waals surface area contributed by atoms with E-state index in [-0.39, 0.29) is 11.3 Å². The maximum atomic E-state index is 12.8. The average molecular weight is 307 g/mol. The largest absolute Gasteiger partial charge is 0.480 e. The van der Waals surface area contributed by atoms with Crippen molar-refractivity contribution in [3.05, 3.63) is 41.7 Å². The summed E-state index contributed by atoms with van der Waals surface area (Å²) in [5.74, 6) is -1.17. The van der Waals surface area contributed by atoms with Gasteiger partial charge in [0.15, 0.2) is 0 Å². The number of hydrogen-bond acceptors (Lipinski definition) is 4. The summed E-state index contributed by atoms with van der Waals surface area (Å²) in [6, 6.07) is 5.67. The molecule has 7 nitrogen and oxygen atoms in total. The Morgan fingerprint density at radius 3 is 2.76 bits per heavy atom. The number of sulfonamides is 1. The standard InChI is InChI=1S/C13H13N3O4S/c1-8-12(7-14-15-8)21(19,20)16-10-5-3-2-4-9(10)6-11(16)13(17)18/h2-5,7,11H,6H2,1H3,(H,14,15)(H,17,18)/t11-/m0/s1. The summed E-state index contributed by atoms with van der Waals surface area (Å²) in [5, 5.41) is 15.6. The third-order valence-corrected chi connectivity index (χ3v) is 5.47. The zero-order valence-corrected chi connectivity index (χ0v) is 12.0. The topological polar surface area (TPSA) is 103 Å². The van der Waals surface area contributed by atoms with Crippen LogP contribution < -0.4 is 4.31 Å². The first kappa shape index (κ1) is 13.6. The van der Waals surface area contributed by atoms with E-state index < -0.39 is 22.0 Å². The number of fused-ring (bicyclic) bond motifs is 1. The highest BCUT2D eigenvalue weighted by Crippen LogP contribution is 2.37. The lowest BCUT2D eigenvalue weighted by atomic mass is 10.1. The first-order valence-corrected chi connectivity index (χ1v) is 7.72. The predicted molar refractivity (Wildman–Crippen MR) is 74.6 cm³/mol. The average Bonchev–Trinajstić information content (AvgIpc) is 3.02. The molecule has 0 bridgehead atoms. The van der Waals surface area contributed by atoms with Crippen molar-refractivity contribution in [2.24, 2.45) is 0 Å². The molecule has 21 heavy (non-hydrogen) atoms. The first-order chi connectivity index (χ1) is 9.93. The number of aromatic nitrogens is 2. The molecule has 0 unspecified atom stereocenters. The predicted octanol–water partition coefficient (Wildman–Crippen LogP) is 0.923. The fraction of sp³-hybridized carbons (Fsp3) is 0.231. The number of aryl methyl sites for hydroxylation is 1. The van der Waals surface area contributed by atoms with Gasteiger partial charge in [-0.3, -0.25) is 9.40 Å². The smallest absolute Gasteiger partial charge is 0.327 e. The summed E-state index contributed by atoms with van der Waals surface area (Å²) >= 11 is 0. The van der Waals surface area contributed by atoms with Crippen molar-refractivity contribution in [3.8, 4) is 0 Å². The molecule has 0 saturated heterocycles. The molecule has 0 aliphatic carbocycles. The number of rotatable bonds is 3. The van der Waals surface area contributed by atoms with Crippen LogP contribution in [0.4, 0.5) is 5.69 Å². The van der Waals surface area contributed by atoms with Crippen LogP contribution in [0.3, 0.4) is 0 Å². The lowest BCUT2D eigenvalue weighted by Crippen LogP contribution is -2.42. The highest BCUT2D eigenvalue weighted by atomic mass is 32.2. The van der Waals surface area contributed by atoms with Gasteiger partial charge in [0.05, 0.1) is 17.6 Å². The number of hydrogen-bond donors (Lipinski definition) is 2. The van der Waals surface area contributed by atoms with E-state index in [1.807, 2.05) is 0 Å². The van der Waals surface area contributed by atoms with Crippen molar-refractivity contribution in [2.45, 2.75) is 24.3 Å². The van der Waals surface area contributed by atoms with E-state index in [2.05, 4.69) is 10.2 Å². The molecule has 1 aromatic heterocycles. The van der Waals surface area contributed by atoms with Crippen LogP contribution in [0.15, 0.2) is 35.4 Å². The normalized spacial score (nSPS) is 17.8. The summed E-state index contributed by atoms with van der Waals surface area (Å²) in [5.41, 5.74) is 1.49. The molecule has 0 fully saturated rings. The number of anilines is 1. The quantitative estimate of drug-likeness (QED) is 0.877. The van der Waals surface area contributed by atoms with Crippen molar-refractivity contribution in [3.63, 3.8) is 0 Å². The molecule has 0 amide bonds. The maximum absolute atomic E-state index is 12.8. The molecule has 110 valence electrons. The summed E-state index contributed by atoms with van der Waals surface area (Å²) < 4.78 is 26.6. The zero-order valence-electron chi connectivity index (χ0n) is 11.1. The molecule has 1 aliphatic heterocycles. The van der Waals surface area contributed by atoms with Gasteiger partial charge in [-0.2, -0.15) is 5.10 Å². The minimum absolute atomic E-state index is 0.00884. The fourth-order valence-corrected chi connectivity index (χ4v) is 4.32. The molecule has 1 atom stereocenters. The fourth-order valence-electron chi connectivity index (χ4n) is 2.55. The number of aliphatic carboxylic acids is 1. The molecular weight excluding hydrogens is 294 g/mol. The Hall–Kier alpha value is -2.35. The Balaban J connectivity index is 2.19. The van der Waals surface area contributed by atoms with Crippen molar-refractivity contribution in [1.82, 2.24) is 10.2 Å². The Morgan fingerprint density at radius 2 is 2.14 bits per heavy atom. The number of benzene rings is 1. The molecule has 3 rings (SSSR count). The molecule has 1 aliphatic rings. The third kappa shape index (κ3) is 1.99. The van der Waals surface area contributed by atoms with Gasteiger partial charge in [0.25, 0.3) is 10.0 Å². The van der Waals surface area contributed by atoms with Gasteiger partial charge in [-0.15, -0.1) is 0 Å². The molecule has 2 N–H and O–H groups in total. The number of nitrogens with zero attached hydrogens (tertiary/aromatic N) is 2. The van der Waals surface area contributed by atoms with E-state index in [0.29, 0.717) is 16.9 Å². The van der Waals surface area contributed by atoms with E-state index in [4.69, 9.17) is 0 Å². The lowest BCUT2D eigenvalue weighted by molar-refractivity contribution is -0.138. The molecule has 8 heteroatoms. The molecule has 0 saturated carbocycles. The number of aromatic amines is 1. The monoisotopic (exact) mass is 307 g/mol. The summed E-state index contributed by atoms with van der Waals surface area (Å²) in [7, 11) is -3.97. The Morgan fingerprint density at radius 1 is 1.43 bits per heavy atom. The van der Waals surface area contributed by atoms with Crippen molar-refractivity contribution >= 4 is 21.7 Å². The van der Waals surface area contributed by atoms with E-state index in [9.17, 15) is 18.3 Å². The molecule has 2 aromatic rings. The zero-order chi connectivity index (χ0) is 15.2. The molecule has 1 aromatic carbocycles. The van der Waals surface area contributed by atoms with Crippen LogP contribution in [-0.4, -0.2) is 35.7 Å². The van der Waals surface area contributed by atoms with Crippen LogP contribution >= 0.6 is 0 Å². The van der Waals surface area contributed by atoms with E-state index in [1.165, 1.54) is 6.20 Å². The second kappa shape index (κ2) is 4.59. The summed E-state index contributed by atoms with van der Waals surface area (Å²) in [4.78, 5) is 11.4. The highest BCUT2D eigenvalue weighted by molar-refractivity contribution is 7.93. The van der Waals surface area contributed by atoms with Crippen LogP contribution in [0.5, 0.6) is 0 Å². The van der Waals surface area contributed by atoms with E-state index in [1.54, 1.807) is 31.2 Å². The molecule has 0 spiro atoms. The second-order valence-corrected chi connectivity index (χ2v) is 6.63. The van der Waals surface area contributed by atoms with Crippen LogP contribution in [0.2, 0.25) is 0 Å². The van der Waals surface area contributed by atoms with Gasteiger partial charge < -0.3 is 5.11 Å². The highest BCUT2D eigenvalue weighted by Gasteiger charge is 2.43. The maximum Gasteiger partial charge on any atom is 0.327 e. The van der Waals surface area contributed by atoms with Crippen molar-refractivity contribution in [1.29, 1.82) is 0 Å². The Bertz CT molecular complexity index is 812. The number of H-pyrrole nitrogens is 1. The van der Waals surface area contributed by atoms with Gasteiger partial charge in [-0.25, -0.2) is 13.2 Å².